The summed E-state index contributed by atoms with van der Waals surface area (Å²) in [6.07, 6.45) is 6.11. The highest BCUT2D eigenvalue weighted by molar-refractivity contribution is 7.16. The van der Waals surface area contributed by atoms with Crippen molar-refractivity contribution in [3.8, 4) is 6.07 Å². The van der Waals surface area contributed by atoms with Crippen LogP contribution in [0.2, 0.25) is 0 Å². The summed E-state index contributed by atoms with van der Waals surface area (Å²) in [6, 6.07) is 2.29. The van der Waals surface area contributed by atoms with Crippen molar-refractivity contribution in [1.29, 1.82) is 5.26 Å². The molecule has 2 heterocycles. The molecule has 0 aromatic carbocycles. The van der Waals surface area contributed by atoms with E-state index in [1.165, 1.54) is 30.6 Å². The molecule has 6 nitrogen and oxygen atoms in total. The Hall–Kier alpha value is -1.91. The van der Waals surface area contributed by atoms with Crippen LogP contribution in [-0.4, -0.2) is 24.0 Å². The van der Waals surface area contributed by atoms with Gasteiger partial charge in [-0.25, -0.2) is 0 Å². The maximum Gasteiger partial charge on any atom is 0.306 e. The van der Waals surface area contributed by atoms with Crippen LogP contribution in [0.1, 0.15) is 75.8 Å². The Morgan fingerprint density at radius 1 is 1.27 bits per heavy atom. The first kappa shape index (κ1) is 21.3. The zero-order valence-electron chi connectivity index (χ0n) is 18.3. The second kappa shape index (κ2) is 7.65. The van der Waals surface area contributed by atoms with E-state index in [9.17, 15) is 14.9 Å². The van der Waals surface area contributed by atoms with Crippen LogP contribution in [0, 0.1) is 29.1 Å². The molecule has 2 saturated carbocycles. The summed E-state index contributed by atoms with van der Waals surface area (Å²) in [6.45, 7) is 8.34. The SMILES string of the molecule is CC1(C)Cc2c(sc(NC(=O)COC(=O)C[C@H]3C[C@H]4CC[C@@H]3C4)c2C#N)C(C)(C)[NH2+]1. The minimum atomic E-state index is -0.382. The normalized spacial score (nSPS) is 27.9. The predicted molar refractivity (Wildman–Crippen MR) is 115 cm³/mol. The van der Waals surface area contributed by atoms with Crippen LogP contribution in [0.25, 0.3) is 0 Å². The molecule has 1 aromatic heterocycles. The molecular formula is C23H32N3O3S+. The fraction of sp³-hybridized carbons (Fsp3) is 0.696. The number of nitrogens with one attached hydrogen (secondary N) is 1. The van der Waals surface area contributed by atoms with Crippen LogP contribution in [-0.2, 0) is 26.3 Å². The van der Waals surface area contributed by atoms with Crippen molar-refractivity contribution in [2.75, 3.05) is 11.9 Å². The lowest BCUT2D eigenvalue weighted by molar-refractivity contribution is -0.789. The third-order valence-corrected chi connectivity index (χ3v) is 8.51. The smallest absolute Gasteiger partial charge is 0.306 e. The number of nitrogens with two attached hydrogens (primary N) is 1. The van der Waals surface area contributed by atoms with Crippen molar-refractivity contribution in [1.82, 2.24) is 0 Å². The molecule has 2 aliphatic carbocycles. The van der Waals surface area contributed by atoms with Gasteiger partial charge >= 0.3 is 5.97 Å². The highest BCUT2D eigenvalue weighted by Crippen LogP contribution is 2.49. The molecule has 7 heteroatoms. The molecule has 0 saturated heterocycles. The van der Waals surface area contributed by atoms with E-state index < -0.39 is 0 Å². The number of amides is 1. The van der Waals surface area contributed by atoms with Gasteiger partial charge in [-0.3, -0.25) is 9.59 Å². The molecule has 1 aliphatic heterocycles. The number of quaternary nitrogens is 1. The third kappa shape index (κ3) is 4.13. The van der Waals surface area contributed by atoms with Gasteiger partial charge in [-0.2, -0.15) is 5.26 Å². The average Bonchev–Trinajstić information content (AvgIpc) is 3.33. The van der Waals surface area contributed by atoms with E-state index in [4.69, 9.17) is 4.74 Å². The van der Waals surface area contributed by atoms with Crippen LogP contribution < -0.4 is 10.6 Å². The number of esters is 1. The number of thiophene rings is 1. The Balaban J connectivity index is 1.37. The molecule has 30 heavy (non-hydrogen) atoms. The van der Waals surface area contributed by atoms with Crippen LogP contribution in [0.5, 0.6) is 0 Å². The molecule has 162 valence electrons. The van der Waals surface area contributed by atoms with Gasteiger partial charge in [-0.15, -0.1) is 11.3 Å². The summed E-state index contributed by atoms with van der Waals surface area (Å²) >= 11 is 1.46. The molecule has 2 fully saturated rings. The zero-order chi connectivity index (χ0) is 21.7. The summed E-state index contributed by atoms with van der Waals surface area (Å²) in [5.74, 6) is 1.21. The largest absolute Gasteiger partial charge is 0.456 e. The quantitative estimate of drug-likeness (QED) is 0.702. The zero-order valence-corrected chi connectivity index (χ0v) is 19.2. The Morgan fingerprint density at radius 2 is 2.03 bits per heavy atom. The number of rotatable bonds is 5. The number of ether oxygens (including phenoxy) is 1. The van der Waals surface area contributed by atoms with Crippen LogP contribution in [0.15, 0.2) is 0 Å². The number of carbonyl (C=O) groups excluding carboxylic acids is 2. The van der Waals surface area contributed by atoms with Crippen molar-refractivity contribution >= 4 is 28.2 Å². The lowest BCUT2D eigenvalue weighted by atomic mass is 9.81. The highest BCUT2D eigenvalue weighted by Gasteiger charge is 2.44. The van der Waals surface area contributed by atoms with E-state index in [-0.39, 0.29) is 29.6 Å². The molecule has 0 unspecified atom stereocenters. The number of anilines is 1. The summed E-state index contributed by atoms with van der Waals surface area (Å²) in [5.41, 5.74) is 1.40. The van der Waals surface area contributed by atoms with Gasteiger partial charge in [-0.1, -0.05) is 6.42 Å². The second-order valence-corrected chi connectivity index (χ2v) is 11.6. The monoisotopic (exact) mass is 430 g/mol. The first-order valence-corrected chi connectivity index (χ1v) is 11.8. The average molecular weight is 431 g/mol. The Bertz CT molecular complexity index is 912. The number of fused-ring (bicyclic) bond motifs is 3. The molecule has 3 atom stereocenters. The summed E-state index contributed by atoms with van der Waals surface area (Å²) in [4.78, 5) is 25.8. The summed E-state index contributed by atoms with van der Waals surface area (Å²) < 4.78 is 5.26. The van der Waals surface area contributed by atoms with Crippen LogP contribution >= 0.6 is 11.3 Å². The van der Waals surface area contributed by atoms with Crippen LogP contribution in [0.4, 0.5) is 5.00 Å². The number of hydrogen-bond donors (Lipinski definition) is 2. The third-order valence-electron chi connectivity index (χ3n) is 7.02. The molecule has 4 rings (SSSR count). The minimum Gasteiger partial charge on any atom is -0.456 e. The predicted octanol–water partition coefficient (Wildman–Crippen LogP) is 3.06. The summed E-state index contributed by atoms with van der Waals surface area (Å²) in [5, 5.41) is 15.5. The maximum atomic E-state index is 12.5. The highest BCUT2D eigenvalue weighted by atomic mass is 32.1. The van der Waals surface area contributed by atoms with E-state index in [2.05, 4.69) is 44.4 Å². The minimum absolute atomic E-state index is 0.0142. The summed E-state index contributed by atoms with van der Waals surface area (Å²) in [7, 11) is 0. The van der Waals surface area contributed by atoms with Gasteiger partial charge < -0.3 is 15.4 Å². The molecular weight excluding hydrogens is 398 g/mol. The van der Waals surface area contributed by atoms with Crippen LogP contribution in [0.3, 0.4) is 0 Å². The Kier molecular flexibility index (Phi) is 5.44. The molecule has 0 radical (unpaired) electrons. The van der Waals surface area contributed by atoms with Crippen molar-refractivity contribution in [2.24, 2.45) is 17.8 Å². The van der Waals surface area contributed by atoms with E-state index >= 15 is 0 Å². The number of hydrogen-bond acceptors (Lipinski definition) is 5. The molecule has 1 amide bonds. The van der Waals surface area contributed by atoms with E-state index in [1.54, 1.807) is 0 Å². The fourth-order valence-corrected chi connectivity index (χ4v) is 7.38. The standard InChI is InChI=1S/C23H31N3O3S/c1-22(2)10-16-17(11-24)21(30-20(16)23(3,4)26-22)25-18(27)12-29-19(28)9-15-8-13-5-6-14(15)7-13/h13-15,26H,5-10,12H2,1-4H3,(H,25,27)/p+1/t13-,14+,15+/m0/s1. The van der Waals surface area contributed by atoms with Gasteiger partial charge in [0.05, 0.1) is 16.0 Å². The van der Waals surface area contributed by atoms with Gasteiger partial charge in [0.2, 0.25) is 0 Å². The van der Waals surface area contributed by atoms with Gasteiger partial charge in [0.1, 0.15) is 16.6 Å². The van der Waals surface area contributed by atoms with E-state index in [0.717, 1.165) is 29.2 Å². The van der Waals surface area contributed by atoms with Crippen molar-refractivity contribution in [2.45, 2.75) is 77.3 Å². The van der Waals surface area contributed by atoms with Crippen molar-refractivity contribution < 1.29 is 19.6 Å². The Labute approximate surface area is 182 Å². The van der Waals surface area contributed by atoms with E-state index in [0.29, 0.717) is 28.8 Å². The van der Waals surface area contributed by atoms with Crippen molar-refractivity contribution in [3.63, 3.8) is 0 Å². The number of carbonyl (C=O) groups is 2. The van der Waals surface area contributed by atoms with Gasteiger partial charge in [0.25, 0.3) is 5.91 Å². The molecule has 3 aliphatic rings. The first-order valence-electron chi connectivity index (χ1n) is 11.0. The van der Waals surface area contributed by atoms with Crippen molar-refractivity contribution in [3.05, 3.63) is 16.0 Å². The number of nitriles is 1. The molecule has 2 bridgehead atoms. The van der Waals surface area contributed by atoms with E-state index in [1.807, 2.05) is 0 Å². The van der Waals surface area contributed by atoms with Gasteiger partial charge in [0.15, 0.2) is 6.61 Å². The first-order chi connectivity index (χ1) is 14.1. The molecule has 1 aromatic rings. The molecule has 3 N–H and O–H groups in total. The number of nitrogens with zero attached hydrogens (tertiary/aromatic N) is 1. The maximum absolute atomic E-state index is 12.5. The topological polar surface area (TPSA) is 95.8 Å². The fourth-order valence-electron chi connectivity index (χ4n) is 6.12. The second-order valence-electron chi connectivity index (χ2n) is 10.6. The molecule has 0 spiro atoms. The van der Waals surface area contributed by atoms with Gasteiger partial charge in [0, 0.05) is 12.8 Å². The lowest BCUT2D eigenvalue weighted by Gasteiger charge is -2.38. The Morgan fingerprint density at radius 3 is 2.67 bits per heavy atom. The van der Waals surface area contributed by atoms with Gasteiger partial charge in [-0.05, 0) is 70.3 Å². The lowest BCUT2D eigenvalue weighted by Crippen LogP contribution is -3.03.